The molecule has 0 bridgehead atoms. The summed E-state index contributed by atoms with van der Waals surface area (Å²) < 4.78 is 0. The van der Waals surface area contributed by atoms with Crippen LogP contribution in [0.4, 0.5) is 0 Å². The highest BCUT2D eigenvalue weighted by molar-refractivity contribution is 8.15. The Bertz CT molecular complexity index is 179. The normalized spacial score (nSPS) is 20.8. The van der Waals surface area contributed by atoms with Crippen LogP contribution in [-0.2, 0) is 4.79 Å². The molecule has 0 aromatic carbocycles. The Kier molecular flexibility index (Phi) is 3.42. The molecule has 1 rings (SSSR count). The minimum absolute atomic E-state index is 0.0743. The standard InChI is InChI=1S/C7H12N2OS/c1-2-3-4-8-7-9-6(10)5-11-7/h2-5H2,1H3,(H,8,9,10). The van der Waals surface area contributed by atoms with Gasteiger partial charge < -0.3 is 5.32 Å². The SMILES string of the molecule is CCCCN=C1NC(=O)CS1. The molecule has 0 aliphatic carbocycles. The van der Waals surface area contributed by atoms with Crippen LogP contribution in [0.5, 0.6) is 0 Å². The van der Waals surface area contributed by atoms with Gasteiger partial charge in [0.1, 0.15) is 0 Å². The molecule has 1 amide bonds. The number of hydrogen-bond acceptors (Lipinski definition) is 3. The van der Waals surface area contributed by atoms with Crippen molar-refractivity contribution in [2.75, 3.05) is 12.3 Å². The summed E-state index contributed by atoms with van der Waals surface area (Å²) in [4.78, 5) is 14.9. The molecule has 1 aliphatic rings. The number of carbonyl (C=O) groups excluding carboxylic acids is 1. The zero-order valence-electron chi connectivity index (χ0n) is 6.59. The summed E-state index contributed by atoms with van der Waals surface area (Å²) >= 11 is 1.49. The predicted molar refractivity (Wildman–Crippen MR) is 47.8 cm³/mol. The van der Waals surface area contributed by atoms with E-state index in [1.165, 1.54) is 11.8 Å². The first-order valence-corrected chi connectivity index (χ1v) is 4.78. The third-order valence-corrected chi connectivity index (χ3v) is 2.26. The third-order valence-electron chi connectivity index (χ3n) is 1.35. The van der Waals surface area contributed by atoms with Gasteiger partial charge in [-0.1, -0.05) is 25.1 Å². The Morgan fingerprint density at radius 1 is 1.73 bits per heavy atom. The highest BCUT2D eigenvalue weighted by Crippen LogP contribution is 2.08. The number of rotatable bonds is 3. The first-order valence-electron chi connectivity index (χ1n) is 3.80. The highest BCUT2D eigenvalue weighted by Gasteiger charge is 2.15. The van der Waals surface area contributed by atoms with Crippen LogP contribution >= 0.6 is 11.8 Å². The second-order valence-electron chi connectivity index (χ2n) is 2.38. The largest absolute Gasteiger partial charge is 0.305 e. The molecule has 0 spiro atoms. The first-order chi connectivity index (χ1) is 5.33. The fourth-order valence-electron chi connectivity index (χ4n) is 0.749. The molecule has 4 heteroatoms. The smallest absolute Gasteiger partial charge is 0.236 e. The molecule has 0 unspecified atom stereocenters. The van der Waals surface area contributed by atoms with Crippen molar-refractivity contribution in [2.24, 2.45) is 4.99 Å². The maximum absolute atomic E-state index is 10.7. The Morgan fingerprint density at radius 2 is 2.55 bits per heavy atom. The average Bonchev–Trinajstić information content (AvgIpc) is 2.37. The van der Waals surface area contributed by atoms with Crippen molar-refractivity contribution in [3.63, 3.8) is 0 Å². The molecule has 0 aromatic rings. The molecule has 1 heterocycles. The van der Waals surface area contributed by atoms with Crippen molar-refractivity contribution in [2.45, 2.75) is 19.8 Å². The van der Waals surface area contributed by atoms with Gasteiger partial charge in [0.25, 0.3) is 0 Å². The fourth-order valence-corrected chi connectivity index (χ4v) is 1.46. The maximum Gasteiger partial charge on any atom is 0.236 e. The molecule has 1 fully saturated rings. The molecule has 11 heavy (non-hydrogen) atoms. The molecule has 0 atom stereocenters. The van der Waals surface area contributed by atoms with E-state index in [-0.39, 0.29) is 5.91 Å². The summed E-state index contributed by atoms with van der Waals surface area (Å²) in [7, 11) is 0. The van der Waals surface area contributed by atoms with Crippen molar-refractivity contribution in [1.29, 1.82) is 0 Å². The Morgan fingerprint density at radius 3 is 3.09 bits per heavy atom. The number of unbranched alkanes of at least 4 members (excludes halogenated alkanes) is 1. The van der Waals surface area contributed by atoms with E-state index in [9.17, 15) is 4.79 Å². The number of nitrogens with one attached hydrogen (secondary N) is 1. The molecular formula is C7H12N2OS. The Hall–Kier alpha value is -0.510. The molecule has 0 radical (unpaired) electrons. The van der Waals surface area contributed by atoms with Gasteiger partial charge in [-0.25, -0.2) is 0 Å². The van der Waals surface area contributed by atoms with Gasteiger partial charge in [0, 0.05) is 6.54 Å². The van der Waals surface area contributed by atoms with Gasteiger partial charge in [-0.05, 0) is 6.42 Å². The summed E-state index contributed by atoms with van der Waals surface area (Å²) in [5, 5.41) is 3.48. The lowest BCUT2D eigenvalue weighted by Crippen LogP contribution is -2.20. The number of aliphatic imine (C=N–C) groups is 1. The number of amidine groups is 1. The summed E-state index contributed by atoms with van der Waals surface area (Å²) in [5.74, 6) is 0.607. The molecule has 0 saturated carbocycles. The molecule has 3 nitrogen and oxygen atoms in total. The molecule has 1 aliphatic heterocycles. The lowest BCUT2D eigenvalue weighted by atomic mass is 10.3. The predicted octanol–water partition coefficient (Wildman–Crippen LogP) is 1.01. The zero-order valence-corrected chi connectivity index (χ0v) is 7.41. The van der Waals surface area contributed by atoms with Crippen LogP contribution in [-0.4, -0.2) is 23.4 Å². The molecule has 1 saturated heterocycles. The number of hydrogen-bond donors (Lipinski definition) is 1. The number of amides is 1. The van der Waals surface area contributed by atoms with E-state index in [0.717, 1.165) is 24.6 Å². The second kappa shape index (κ2) is 4.38. The van der Waals surface area contributed by atoms with Crippen molar-refractivity contribution in [1.82, 2.24) is 5.32 Å². The van der Waals surface area contributed by atoms with E-state index in [2.05, 4.69) is 17.2 Å². The van der Waals surface area contributed by atoms with Crippen LogP contribution in [0.2, 0.25) is 0 Å². The molecule has 1 N–H and O–H groups in total. The van der Waals surface area contributed by atoms with E-state index in [4.69, 9.17) is 0 Å². The van der Waals surface area contributed by atoms with Crippen molar-refractivity contribution in [3.05, 3.63) is 0 Å². The van der Waals surface area contributed by atoms with Crippen molar-refractivity contribution in [3.8, 4) is 0 Å². The minimum atomic E-state index is 0.0743. The lowest BCUT2D eigenvalue weighted by Gasteiger charge is -1.93. The quantitative estimate of drug-likeness (QED) is 0.645. The molecular weight excluding hydrogens is 160 g/mol. The topological polar surface area (TPSA) is 41.5 Å². The second-order valence-corrected chi connectivity index (χ2v) is 3.34. The monoisotopic (exact) mass is 172 g/mol. The van der Waals surface area contributed by atoms with Gasteiger partial charge in [-0.2, -0.15) is 0 Å². The van der Waals surface area contributed by atoms with Crippen LogP contribution in [0.15, 0.2) is 4.99 Å². The third kappa shape index (κ3) is 2.93. The first kappa shape index (κ1) is 8.59. The number of nitrogens with zero attached hydrogens (tertiary/aromatic N) is 1. The van der Waals surface area contributed by atoms with Crippen molar-refractivity contribution < 1.29 is 4.79 Å². The summed E-state index contributed by atoms with van der Waals surface area (Å²) in [5.41, 5.74) is 0. The van der Waals surface area contributed by atoms with Crippen LogP contribution in [0.1, 0.15) is 19.8 Å². The van der Waals surface area contributed by atoms with E-state index >= 15 is 0 Å². The summed E-state index contributed by atoms with van der Waals surface area (Å²) in [6.45, 7) is 2.96. The van der Waals surface area contributed by atoms with Crippen LogP contribution in [0, 0.1) is 0 Å². The average molecular weight is 172 g/mol. The Balaban J connectivity index is 2.25. The molecule has 62 valence electrons. The number of carbonyl (C=O) groups is 1. The van der Waals surface area contributed by atoms with Gasteiger partial charge in [0.05, 0.1) is 5.75 Å². The van der Waals surface area contributed by atoms with Gasteiger partial charge in [-0.15, -0.1) is 0 Å². The van der Waals surface area contributed by atoms with Gasteiger partial charge >= 0.3 is 0 Å². The van der Waals surface area contributed by atoms with Crippen LogP contribution in [0.3, 0.4) is 0 Å². The van der Waals surface area contributed by atoms with Gasteiger partial charge in [-0.3, -0.25) is 9.79 Å². The zero-order chi connectivity index (χ0) is 8.10. The van der Waals surface area contributed by atoms with Gasteiger partial charge in [0.2, 0.25) is 5.91 Å². The van der Waals surface area contributed by atoms with Crippen molar-refractivity contribution >= 4 is 22.8 Å². The maximum atomic E-state index is 10.7. The van der Waals surface area contributed by atoms with Gasteiger partial charge in [0.15, 0.2) is 5.17 Å². The van der Waals surface area contributed by atoms with E-state index < -0.39 is 0 Å². The minimum Gasteiger partial charge on any atom is -0.305 e. The summed E-state index contributed by atoms with van der Waals surface area (Å²) in [6.07, 6.45) is 2.25. The van der Waals surface area contributed by atoms with Crippen LogP contribution < -0.4 is 5.32 Å². The van der Waals surface area contributed by atoms with E-state index in [0.29, 0.717) is 5.75 Å². The van der Waals surface area contributed by atoms with E-state index in [1.807, 2.05) is 0 Å². The Labute approximate surface area is 70.7 Å². The highest BCUT2D eigenvalue weighted by atomic mass is 32.2. The van der Waals surface area contributed by atoms with Crippen LogP contribution in [0.25, 0.3) is 0 Å². The lowest BCUT2D eigenvalue weighted by molar-refractivity contribution is -0.116. The number of thioether (sulfide) groups is 1. The summed E-state index contributed by atoms with van der Waals surface area (Å²) in [6, 6.07) is 0. The fraction of sp³-hybridized carbons (Fsp3) is 0.714. The van der Waals surface area contributed by atoms with E-state index in [1.54, 1.807) is 0 Å². The molecule has 0 aromatic heterocycles.